The molecule has 1 saturated heterocycles. The van der Waals surface area contributed by atoms with Gasteiger partial charge in [-0.15, -0.1) is 0 Å². The van der Waals surface area contributed by atoms with Gasteiger partial charge < -0.3 is 15.8 Å². The predicted octanol–water partition coefficient (Wildman–Crippen LogP) is 2.16. The number of ether oxygens (including phenoxy) is 1. The molecule has 18 heavy (non-hydrogen) atoms. The highest BCUT2D eigenvalue weighted by atomic mass is 16.5. The van der Waals surface area contributed by atoms with Crippen molar-refractivity contribution in [3.8, 4) is 0 Å². The van der Waals surface area contributed by atoms with Crippen LogP contribution in [-0.4, -0.2) is 29.0 Å². The van der Waals surface area contributed by atoms with Gasteiger partial charge in [-0.05, 0) is 32.6 Å². The van der Waals surface area contributed by atoms with Crippen LogP contribution in [0.25, 0.3) is 0 Å². The third-order valence-corrected chi connectivity index (χ3v) is 3.39. The van der Waals surface area contributed by atoms with Gasteiger partial charge in [0.2, 0.25) is 0 Å². The van der Waals surface area contributed by atoms with E-state index in [-0.39, 0.29) is 0 Å². The molecule has 3 N–H and O–H groups in total. The molecule has 102 valence electrons. The van der Waals surface area contributed by atoms with Crippen LogP contribution < -0.4 is 11.1 Å². The van der Waals surface area contributed by atoms with Crippen LogP contribution in [0.5, 0.6) is 0 Å². The Bertz CT molecular complexity index is 383. The number of rotatable bonds is 6. The molecule has 0 saturated carbocycles. The first-order valence-corrected chi connectivity index (χ1v) is 6.90. The molecule has 0 aromatic carbocycles. The first kappa shape index (κ1) is 13.2. The predicted molar refractivity (Wildman–Crippen MR) is 73.7 cm³/mol. The molecule has 1 unspecified atom stereocenters. The van der Waals surface area contributed by atoms with Gasteiger partial charge in [-0.25, -0.2) is 4.68 Å². The van der Waals surface area contributed by atoms with Gasteiger partial charge in [-0.1, -0.05) is 6.92 Å². The van der Waals surface area contributed by atoms with E-state index in [1.165, 1.54) is 12.8 Å². The van der Waals surface area contributed by atoms with Crippen molar-refractivity contribution >= 4 is 11.5 Å². The van der Waals surface area contributed by atoms with Crippen LogP contribution in [0.2, 0.25) is 0 Å². The molecule has 1 aliphatic rings. The molecule has 0 aliphatic carbocycles. The van der Waals surface area contributed by atoms with Crippen molar-refractivity contribution in [1.82, 2.24) is 9.78 Å². The van der Waals surface area contributed by atoms with E-state index in [0.29, 0.717) is 6.10 Å². The minimum Gasteiger partial charge on any atom is -0.394 e. The van der Waals surface area contributed by atoms with Crippen molar-refractivity contribution in [3.63, 3.8) is 0 Å². The summed E-state index contributed by atoms with van der Waals surface area (Å²) in [6, 6.07) is 0. The fourth-order valence-electron chi connectivity index (χ4n) is 2.38. The van der Waals surface area contributed by atoms with E-state index < -0.39 is 0 Å². The fraction of sp³-hybridized carbons (Fsp3) is 0.769. The molecule has 1 aromatic heterocycles. The molecule has 0 radical (unpaired) electrons. The zero-order chi connectivity index (χ0) is 13.0. The van der Waals surface area contributed by atoms with E-state index in [2.05, 4.69) is 17.3 Å². The molecular formula is C13H24N4O. The molecule has 1 aromatic rings. The Kier molecular flexibility index (Phi) is 4.47. The van der Waals surface area contributed by atoms with Crippen LogP contribution in [0.1, 0.15) is 38.3 Å². The lowest BCUT2D eigenvalue weighted by molar-refractivity contribution is 0.107. The summed E-state index contributed by atoms with van der Waals surface area (Å²) in [4.78, 5) is 0. The van der Waals surface area contributed by atoms with Crippen LogP contribution in [0.3, 0.4) is 0 Å². The first-order valence-electron chi connectivity index (χ1n) is 6.90. The zero-order valence-electron chi connectivity index (χ0n) is 11.4. The van der Waals surface area contributed by atoms with Gasteiger partial charge in [0.15, 0.2) is 0 Å². The maximum atomic E-state index is 6.05. The average Bonchev–Trinajstić information content (AvgIpc) is 2.94. The monoisotopic (exact) mass is 252 g/mol. The quantitative estimate of drug-likeness (QED) is 0.814. The van der Waals surface area contributed by atoms with E-state index in [1.54, 1.807) is 0 Å². The maximum Gasteiger partial charge on any atom is 0.148 e. The third kappa shape index (κ3) is 2.96. The SMILES string of the molecule is CCCn1nc(C)c(N)c1NCCC1CCCO1. The number of anilines is 2. The second-order valence-corrected chi connectivity index (χ2v) is 4.92. The maximum absolute atomic E-state index is 6.05. The summed E-state index contributed by atoms with van der Waals surface area (Å²) in [5, 5.41) is 7.86. The lowest BCUT2D eigenvalue weighted by atomic mass is 10.2. The molecule has 0 bridgehead atoms. The number of nitrogen functional groups attached to an aromatic ring is 1. The standard InChI is InChI=1S/C13H24N4O/c1-3-8-17-13(12(14)10(2)16-17)15-7-6-11-5-4-9-18-11/h11,15H,3-9,14H2,1-2H3. The van der Waals surface area contributed by atoms with E-state index >= 15 is 0 Å². The smallest absolute Gasteiger partial charge is 0.148 e. The highest BCUT2D eigenvalue weighted by Crippen LogP contribution is 2.23. The Morgan fingerprint density at radius 1 is 1.56 bits per heavy atom. The lowest BCUT2D eigenvalue weighted by Crippen LogP contribution is -2.15. The zero-order valence-corrected chi connectivity index (χ0v) is 11.4. The summed E-state index contributed by atoms with van der Waals surface area (Å²) in [5.41, 5.74) is 7.73. The Balaban J connectivity index is 1.90. The second kappa shape index (κ2) is 6.09. The van der Waals surface area contributed by atoms with E-state index in [4.69, 9.17) is 10.5 Å². The van der Waals surface area contributed by atoms with Crippen LogP contribution in [0.4, 0.5) is 11.5 Å². The van der Waals surface area contributed by atoms with Crippen molar-refractivity contribution in [2.75, 3.05) is 24.2 Å². The minimum absolute atomic E-state index is 0.419. The largest absolute Gasteiger partial charge is 0.394 e. The number of nitrogens with two attached hydrogens (primary N) is 1. The molecular weight excluding hydrogens is 228 g/mol. The first-order chi connectivity index (χ1) is 8.72. The summed E-state index contributed by atoms with van der Waals surface area (Å²) in [5.74, 6) is 0.965. The van der Waals surface area contributed by atoms with E-state index in [1.807, 2.05) is 11.6 Å². The van der Waals surface area contributed by atoms with Crippen molar-refractivity contribution in [1.29, 1.82) is 0 Å². The Hall–Kier alpha value is -1.23. The summed E-state index contributed by atoms with van der Waals surface area (Å²) >= 11 is 0. The molecule has 0 spiro atoms. The van der Waals surface area contributed by atoms with Gasteiger partial charge in [0.1, 0.15) is 5.82 Å². The topological polar surface area (TPSA) is 65.1 Å². The Morgan fingerprint density at radius 3 is 3.06 bits per heavy atom. The van der Waals surface area contributed by atoms with Crippen molar-refractivity contribution in [2.45, 2.75) is 52.2 Å². The molecule has 1 fully saturated rings. The number of aryl methyl sites for hydroxylation is 2. The van der Waals surface area contributed by atoms with Gasteiger partial charge in [-0.3, -0.25) is 0 Å². The summed E-state index contributed by atoms with van der Waals surface area (Å²) in [6.45, 7) is 6.81. The van der Waals surface area contributed by atoms with Gasteiger partial charge in [0.25, 0.3) is 0 Å². The molecule has 2 heterocycles. The number of nitrogens with one attached hydrogen (secondary N) is 1. The number of nitrogens with zero attached hydrogens (tertiary/aromatic N) is 2. The lowest BCUT2D eigenvalue weighted by Gasteiger charge is -2.12. The minimum atomic E-state index is 0.419. The van der Waals surface area contributed by atoms with Gasteiger partial charge in [0, 0.05) is 19.7 Å². The molecule has 0 amide bonds. The molecule has 2 rings (SSSR count). The number of hydrogen-bond donors (Lipinski definition) is 2. The van der Waals surface area contributed by atoms with Gasteiger partial charge >= 0.3 is 0 Å². The molecule has 1 aliphatic heterocycles. The summed E-state index contributed by atoms with van der Waals surface area (Å²) in [6.07, 6.45) is 4.89. The second-order valence-electron chi connectivity index (χ2n) is 4.92. The normalized spacial score (nSPS) is 19.3. The van der Waals surface area contributed by atoms with Gasteiger partial charge in [0.05, 0.1) is 17.5 Å². The third-order valence-electron chi connectivity index (χ3n) is 3.39. The van der Waals surface area contributed by atoms with E-state index in [0.717, 1.165) is 49.7 Å². The van der Waals surface area contributed by atoms with Gasteiger partial charge in [-0.2, -0.15) is 5.10 Å². The number of aromatic nitrogens is 2. The molecule has 5 heteroatoms. The highest BCUT2D eigenvalue weighted by molar-refractivity contribution is 5.64. The van der Waals surface area contributed by atoms with Crippen LogP contribution in [0.15, 0.2) is 0 Å². The van der Waals surface area contributed by atoms with Crippen molar-refractivity contribution < 1.29 is 4.74 Å². The molecule has 5 nitrogen and oxygen atoms in total. The summed E-state index contributed by atoms with van der Waals surface area (Å²) in [7, 11) is 0. The summed E-state index contributed by atoms with van der Waals surface area (Å²) < 4.78 is 7.58. The fourth-order valence-corrected chi connectivity index (χ4v) is 2.38. The van der Waals surface area contributed by atoms with Crippen LogP contribution >= 0.6 is 0 Å². The van der Waals surface area contributed by atoms with Crippen molar-refractivity contribution in [2.24, 2.45) is 0 Å². The Labute approximate surface area is 109 Å². The number of hydrogen-bond acceptors (Lipinski definition) is 4. The van der Waals surface area contributed by atoms with Crippen LogP contribution in [0, 0.1) is 6.92 Å². The van der Waals surface area contributed by atoms with Crippen LogP contribution in [-0.2, 0) is 11.3 Å². The van der Waals surface area contributed by atoms with Crippen molar-refractivity contribution in [3.05, 3.63) is 5.69 Å². The highest BCUT2D eigenvalue weighted by Gasteiger charge is 2.16. The molecule has 1 atom stereocenters. The Morgan fingerprint density at radius 2 is 2.39 bits per heavy atom. The van der Waals surface area contributed by atoms with E-state index in [9.17, 15) is 0 Å². The average molecular weight is 252 g/mol.